The molecule has 2 aromatic rings. The summed E-state index contributed by atoms with van der Waals surface area (Å²) in [6, 6.07) is 0. The molecular formula is C16H21N5O3S. The lowest BCUT2D eigenvalue weighted by atomic mass is 10.2. The van der Waals surface area contributed by atoms with E-state index in [1.165, 1.54) is 4.57 Å². The summed E-state index contributed by atoms with van der Waals surface area (Å²) in [7, 11) is 1.67. The molecule has 0 saturated carbocycles. The average molecular weight is 363 g/mol. The van der Waals surface area contributed by atoms with Gasteiger partial charge in [-0.15, -0.1) is 11.3 Å². The fourth-order valence-electron chi connectivity index (χ4n) is 2.66. The minimum atomic E-state index is -0.190. The van der Waals surface area contributed by atoms with Crippen molar-refractivity contribution in [1.29, 1.82) is 0 Å². The number of aromatic nitrogens is 3. The Kier molecular flexibility index (Phi) is 5.44. The van der Waals surface area contributed by atoms with Crippen molar-refractivity contribution < 1.29 is 9.53 Å². The number of hydrogen-bond donors (Lipinski definition) is 1. The first-order valence-electron chi connectivity index (χ1n) is 8.09. The summed E-state index contributed by atoms with van der Waals surface area (Å²) in [5, 5.41) is 5.90. The minimum Gasteiger partial charge on any atom is -0.373 e. The number of carbonyl (C=O) groups is 1. The van der Waals surface area contributed by atoms with Crippen molar-refractivity contribution in [3.8, 4) is 0 Å². The maximum absolute atomic E-state index is 12.4. The first-order chi connectivity index (χ1) is 12.0. The van der Waals surface area contributed by atoms with Gasteiger partial charge >= 0.3 is 0 Å². The van der Waals surface area contributed by atoms with Crippen LogP contribution in [-0.4, -0.2) is 57.7 Å². The van der Waals surface area contributed by atoms with Gasteiger partial charge in [0.15, 0.2) is 5.82 Å². The molecule has 1 N–H and O–H groups in total. The number of thiazole rings is 1. The van der Waals surface area contributed by atoms with E-state index in [-0.39, 0.29) is 23.4 Å². The molecule has 1 aliphatic heterocycles. The Morgan fingerprint density at radius 1 is 1.52 bits per heavy atom. The van der Waals surface area contributed by atoms with Crippen LogP contribution >= 0.6 is 11.3 Å². The summed E-state index contributed by atoms with van der Waals surface area (Å²) in [4.78, 5) is 34.6. The molecule has 1 aliphatic rings. The van der Waals surface area contributed by atoms with Gasteiger partial charge < -0.3 is 19.5 Å². The number of morpholine rings is 1. The number of ether oxygens (including phenoxy) is 1. The van der Waals surface area contributed by atoms with Crippen molar-refractivity contribution in [2.75, 3.05) is 31.6 Å². The molecule has 2 aromatic heterocycles. The van der Waals surface area contributed by atoms with Crippen LogP contribution < -0.4 is 10.9 Å². The van der Waals surface area contributed by atoms with Gasteiger partial charge in [0.05, 0.1) is 29.8 Å². The highest BCUT2D eigenvalue weighted by atomic mass is 32.1. The third-order valence-electron chi connectivity index (χ3n) is 4.00. The number of amides is 1. The number of hydrogen-bond acceptors (Lipinski definition) is 7. The second-order valence-electron chi connectivity index (χ2n) is 5.94. The summed E-state index contributed by atoms with van der Waals surface area (Å²) in [6.45, 7) is 3.89. The number of anilines is 1. The molecule has 1 fully saturated rings. The first-order valence-corrected chi connectivity index (χ1v) is 8.97. The third kappa shape index (κ3) is 4.43. The normalized spacial score (nSPS) is 17.5. The van der Waals surface area contributed by atoms with E-state index >= 15 is 0 Å². The van der Waals surface area contributed by atoms with E-state index in [0.29, 0.717) is 32.7 Å². The highest BCUT2D eigenvalue weighted by molar-refractivity contribution is 7.09. The van der Waals surface area contributed by atoms with Crippen LogP contribution in [0.4, 0.5) is 5.82 Å². The Labute approximate surface area is 149 Å². The van der Waals surface area contributed by atoms with Crippen LogP contribution in [-0.2, 0) is 23.0 Å². The molecule has 3 rings (SSSR count). The Bertz CT molecular complexity index is 803. The Hall–Kier alpha value is -2.26. The highest BCUT2D eigenvalue weighted by Crippen LogP contribution is 2.12. The van der Waals surface area contributed by atoms with Gasteiger partial charge in [-0.05, 0) is 6.92 Å². The average Bonchev–Trinajstić information content (AvgIpc) is 3.01. The lowest BCUT2D eigenvalue weighted by Crippen LogP contribution is -2.48. The van der Waals surface area contributed by atoms with E-state index in [1.54, 1.807) is 35.7 Å². The first kappa shape index (κ1) is 17.6. The summed E-state index contributed by atoms with van der Waals surface area (Å²) >= 11 is 1.55. The van der Waals surface area contributed by atoms with Crippen LogP contribution in [0.25, 0.3) is 0 Å². The van der Waals surface area contributed by atoms with E-state index in [9.17, 15) is 9.59 Å². The molecule has 1 saturated heterocycles. The molecule has 9 heteroatoms. The van der Waals surface area contributed by atoms with Crippen LogP contribution in [0.3, 0.4) is 0 Å². The van der Waals surface area contributed by atoms with Crippen LogP contribution in [0.1, 0.15) is 10.7 Å². The van der Waals surface area contributed by atoms with Crippen molar-refractivity contribution in [2.45, 2.75) is 19.4 Å². The molecule has 8 nitrogen and oxygen atoms in total. The molecule has 134 valence electrons. The SMILES string of the molecule is Cc1nc(CC(=O)N2CCO[C@@H](CNc3nccn(C)c3=O)C2)cs1. The predicted octanol–water partition coefficient (Wildman–Crippen LogP) is 0.427. The maximum Gasteiger partial charge on any atom is 0.293 e. The van der Waals surface area contributed by atoms with Gasteiger partial charge in [0.1, 0.15) is 0 Å². The summed E-state index contributed by atoms with van der Waals surface area (Å²) in [5.74, 6) is 0.336. The number of aryl methyl sites for hydroxylation is 2. The topological polar surface area (TPSA) is 89.3 Å². The lowest BCUT2D eigenvalue weighted by Gasteiger charge is -2.33. The number of nitrogens with one attached hydrogen (secondary N) is 1. The second-order valence-corrected chi connectivity index (χ2v) is 7.00. The van der Waals surface area contributed by atoms with Gasteiger partial charge in [-0.2, -0.15) is 0 Å². The van der Waals surface area contributed by atoms with Crippen molar-refractivity contribution >= 4 is 23.1 Å². The van der Waals surface area contributed by atoms with E-state index in [2.05, 4.69) is 15.3 Å². The zero-order valence-electron chi connectivity index (χ0n) is 14.3. The molecule has 0 aliphatic carbocycles. The van der Waals surface area contributed by atoms with Gasteiger partial charge in [-0.1, -0.05) is 0 Å². The van der Waals surface area contributed by atoms with Crippen LogP contribution in [0.15, 0.2) is 22.6 Å². The monoisotopic (exact) mass is 363 g/mol. The molecule has 0 spiro atoms. The number of rotatable bonds is 5. The molecule has 0 radical (unpaired) electrons. The van der Waals surface area contributed by atoms with Crippen LogP contribution in [0.2, 0.25) is 0 Å². The molecule has 0 unspecified atom stereocenters. The van der Waals surface area contributed by atoms with Gasteiger partial charge in [-0.3, -0.25) is 9.59 Å². The van der Waals surface area contributed by atoms with Gasteiger partial charge in [0, 0.05) is 44.5 Å². The summed E-state index contributed by atoms with van der Waals surface area (Å²) < 4.78 is 7.16. The zero-order valence-corrected chi connectivity index (χ0v) is 15.1. The summed E-state index contributed by atoms with van der Waals surface area (Å²) in [5.41, 5.74) is 0.621. The second kappa shape index (κ2) is 7.75. The fourth-order valence-corrected chi connectivity index (χ4v) is 3.27. The van der Waals surface area contributed by atoms with Gasteiger partial charge in [-0.25, -0.2) is 9.97 Å². The number of carbonyl (C=O) groups excluding carboxylic acids is 1. The third-order valence-corrected chi connectivity index (χ3v) is 4.83. The molecule has 0 aromatic carbocycles. The smallest absolute Gasteiger partial charge is 0.293 e. The quantitative estimate of drug-likeness (QED) is 0.829. The van der Waals surface area contributed by atoms with Crippen molar-refractivity contribution in [2.24, 2.45) is 7.05 Å². The fraction of sp³-hybridized carbons (Fsp3) is 0.500. The van der Waals surface area contributed by atoms with Crippen LogP contribution in [0.5, 0.6) is 0 Å². The number of nitrogens with zero attached hydrogens (tertiary/aromatic N) is 4. The van der Waals surface area contributed by atoms with E-state index in [1.807, 2.05) is 12.3 Å². The molecule has 1 atom stereocenters. The zero-order chi connectivity index (χ0) is 17.8. The molecule has 3 heterocycles. The molecule has 0 bridgehead atoms. The van der Waals surface area contributed by atoms with Gasteiger partial charge in [0.2, 0.25) is 5.91 Å². The highest BCUT2D eigenvalue weighted by Gasteiger charge is 2.25. The van der Waals surface area contributed by atoms with Crippen molar-refractivity contribution in [1.82, 2.24) is 19.4 Å². The van der Waals surface area contributed by atoms with Crippen LogP contribution in [0, 0.1) is 6.92 Å². The molecule has 1 amide bonds. The van der Waals surface area contributed by atoms with Crippen molar-refractivity contribution in [3.05, 3.63) is 38.8 Å². The summed E-state index contributed by atoms with van der Waals surface area (Å²) in [6.07, 6.45) is 3.30. The largest absolute Gasteiger partial charge is 0.373 e. The molecule has 25 heavy (non-hydrogen) atoms. The van der Waals surface area contributed by atoms with E-state index in [0.717, 1.165) is 10.7 Å². The predicted molar refractivity (Wildman–Crippen MR) is 94.8 cm³/mol. The minimum absolute atomic E-state index is 0.0485. The van der Waals surface area contributed by atoms with Gasteiger partial charge in [0.25, 0.3) is 5.56 Å². The van der Waals surface area contributed by atoms with E-state index in [4.69, 9.17) is 4.74 Å². The Balaban J connectivity index is 1.54. The Morgan fingerprint density at radius 2 is 2.36 bits per heavy atom. The standard InChI is InChI=1S/C16H21N5O3S/c1-11-19-12(10-25-11)7-14(22)21-5-6-24-13(9-21)8-18-15-16(23)20(2)4-3-17-15/h3-4,10,13H,5-9H2,1-2H3,(H,17,18)/t13-/m0/s1. The Morgan fingerprint density at radius 3 is 3.12 bits per heavy atom. The maximum atomic E-state index is 12.4. The molecular weight excluding hydrogens is 342 g/mol. The van der Waals surface area contributed by atoms with Crippen molar-refractivity contribution in [3.63, 3.8) is 0 Å². The lowest BCUT2D eigenvalue weighted by molar-refractivity contribution is -0.137. The van der Waals surface area contributed by atoms with E-state index < -0.39 is 0 Å².